The Labute approximate surface area is 131 Å². The number of hydrogen-bond donors (Lipinski definition) is 1. The van der Waals surface area contributed by atoms with Crippen molar-refractivity contribution in [2.45, 2.75) is 26.2 Å². The molecular weight excluding hydrogens is 340 g/mol. The summed E-state index contributed by atoms with van der Waals surface area (Å²) in [6.45, 7) is 2.91. The Kier molecular flexibility index (Phi) is 4.51. The number of carboxylic acid groups (broad SMARTS) is 1. The number of benzene rings is 1. The molecule has 0 spiro atoms. The highest BCUT2D eigenvalue weighted by molar-refractivity contribution is 9.10. The summed E-state index contributed by atoms with van der Waals surface area (Å²) in [5, 5.41) is 20.6. The van der Waals surface area contributed by atoms with Gasteiger partial charge in [-0.1, -0.05) is 22.9 Å². The third kappa shape index (κ3) is 3.02. The fourth-order valence-corrected chi connectivity index (χ4v) is 3.15. The quantitative estimate of drug-likeness (QED) is 0.659. The molecule has 1 heterocycles. The highest BCUT2D eigenvalue weighted by Crippen LogP contribution is 2.39. The van der Waals surface area contributed by atoms with Crippen molar-refractivity contribution in [2.24, 2.45) is 5.41 Å². The minimum Gasteiger partial charge on any atom is -0.481 e. The van der Waals surface area contributed by atoms with Gasteiger partial charge >= 0.3 is 5.97 Å². The van der Waals surface area contributed by atoms with Gasteiger partial charge in [0.05, 0.1) is 10.3 Å². The number of piperidine rings is 1. The van der Waals surface area contributed by atoms with Gasteiger partial charge in [0, 0.05) is 23.6 Å². The Balaban J connectivity index is 2.23. The van der Waals surface area contributed by atoms with Gasteiger partial charge in [0.25, 0.3) is 5.69 Å². The fourth-order valence-electron chi connectivity index (χ4n) is 2.80. The normalized spacial score (nSPS) is 17.5. The van der Waals surface area contributed by atoms with Crippen LogP contribution in [0.2, 0.25) is 0 Å². The van der Waals surface area contributed by atoms with Gasteiger partial charge in [-0.2, -0.15) is 0 Å². The minimum absolute atomic E-state index is 0.0451. The molecule has 114 valence electrons. The molecule has 1 aromatic rings. The standard InChI is InChI=1S/C14H17BrN2O4/c1-2-14(13(18)19)5-7-16(8-6-14)11-4-3-10(15)9-12(11)17(20)21/h3-4,9H,2,5-8H2,1H3,(H,18,19). The lowest BCUT2D eigenvalue weighted by Gasteiger charge is -2.39. The lowest BCUT2D eigenvalue weighted by atomic mass is 9.76. The second-order valence-electron chi connectivity index (χ2n) is 5.32. The highest BCUT2D eigenvalue weighted by atomic mass is 79.9. The van der Waals surface area contributed by atoms with Gasteiger partial charge in [0.1, 0.15) is 5.69 Å². The predicted molar refractivity (Wildman–Crippen MR) is 82.6 cm³/mol. The van der Waals surface area contributed by atoms with Crippen LogP contribution >= 0.6 is 15.9 Å². The summed E-state index contributed by atoms with van der Waals surface area (Å²) in [5.74, 6) is -0.769. The highest BCUT2D eigenvalue weighted by Gasteiger charge is 2.40. The lowest BCUT2D eigenvalue weighted by Crippen LogP contribution is -2.44. The van der Waals surface area contributed by atoms with E-state index in [9.17, 15) is 20.0 Å². The van der Waals surface area contributed by atoms with Crippen LogP contribution < -0.4 is 4.90 Å². The van der Waals surface area contributed by atoms with Crippen molar-refractivity contribution in [3.63, 3.8) is 0 Å². The second-order valence-corrected chi connectivity index (χ2v) is 6.23. The van der Waals surface area contributed by atoms with Gasteiger partial charge < -0.3 is 10.0 Å². The predicted octanol–water partition coefficient (Wildman–Crippen LogP) is 3.44. The SMILES string of the molecule is CCC1(C(=O)O)CCN(c2ccc(Br)cc2[N+](=O)[O-])CC1. The Bertz CT molecular complexity index is 568. The van der Waals surface area contributed by atoms with Crippen molar-refractivity contribution < 1.29 is 14.8 Å². The monoisotopic (exact) mass is 356 g/mol. The van der Waals surface area contributed by atoms with E-state index < -0.39 is 16.3 Å². The van der Waals surface area contributed by atoms with Gasteiger partial charge in [-0.3, -0.25) is 14.9 Å². The Morgan fingerprint density at radius 3 is 2.57 bits per heavy atom. The van der Waals surface area contributed by atoms with Gasteiger partial charge in [-0.15, -0.1) is 0 Å². The molecule has 2 rings (SSSR count). The van der Waals surface area contributed by atoms with Crippen LogP contribution in [-0.2, 0) is 4.79 Å². The molecule has 1 aliphatic heterocycles. The number of halogens is 1. The maximum atomic E-state index is 11.4. The van der Waals surface area contributed by atoms with E-state index in [0.717, 1.165) is 0 Å². The van der Waals surface area contributed by atoms with Crippen molar-refractivity contribution in [1.82, 2.24) is 0 Å². The molecule has 0 unspecified atom stereocenters. The molecule has 6 nitrogen and oxygen atoms in total. The molecule has 0 aromatic heterocycles. The summed E-state index contributed by atoms with van der Waals surface area (Å²) in [7, 11) is 0. The van der Waals surface area contributed by atoms with Crippen LogP contribution in [0, 0.1) is 15.5 Å². The van der Waals surface area contributed by atoms with Crippen molar-refractivity contribution in [3.05, 3.63) is 32.8 Å². The Morgan fingerprint density at radius 2 is 2.10 bits per heavy atom. The van der Waals surface area contributed by atoms with Crippen LogP contribution in [0.3, 0.4) is 0 Å². The first-order valence-corrected chi connectivity index (χ1v) is 7.61. The van der Waals surface area contributed by atoms with E-state index in [1.807, 2.05) is 11.8 Å². The summed E-state index contributed by atoms with van der Waals surface area (Å²) in [5.41, 5.74) is -0.0947. The number of nitrogens with zero attached hydrogens (tertiary/aromatic N) is 2. The number of nitro benzene ring substituents is 1. The largest absolute Gasteiger partial charge is 0.481 e. The van der Waals surface area contributed by atoms with E-state index in [2.05, 4.69) is 15.9 Å². The molecule has 1 aromatic carbocycles. The third-order valence-electron chi connectivity index (χ3n) is 4.33. The molecule has 0 bridgehead atoms. The van der Waals surface area contributed by atoms with E-state index >= 15 is 0 Å². The summed E-state index contributed by atoms with van der Waals surface area (Å²) in [4.78, 5) is 24.1. The van der Waals surface area contributed by atoms with Crippen molar-refractivity contribution >= 4 is 33.3 Å². The third-order valence-corrected chi connectivity index (χ3v) is 4.82. The zero-order valence-corrected chi connectivity index (χ0v) is 13.3. The van der Waals surface area contributed by atoms with Crippen molar-refractivity contribution in [2.75, 3.05) is 18.0 Å². The summed E-state index contributed by atoms with van der Waals surface area (Å²) < 4.78 is 0.656. The van der Waals surface area contributed by atoms with Gasteiger partial charge in [-0.25, -0.2) is 0 Å². The maximum Gasteiger partial charge on any atom is 0.309 e. The molecular formula is C14H17BrN2O4. The number of nitro groups is 1. The van der Waals surface area contributed by atoms with Gasteiger partial charge in [0.15, 0.2) is 0 Å². The average Bonchev–Trinajstić information content (AvgIpc) is 2.47. The van der Waals surface area contributed by atoms with E-state index in [1.54, 1.807) is 12.1 Å². The van der Waals surface area contributed by atoms with Crippen molar-refractivity contribution in [3.8, 4) is 0 Å². The molecule has 7 heteroatoms. The molecule has 0 atom stereocenters. The molecule has 0 aliphatic carbocycles. The lowest BCUT2D eigenvalue weighted by molar-refractivity contribution is -0.384. The zero-order valence-electron chi connectivity index (χ0n) is 11.7. The summed E-state index contributed by atoms with van der Waals surface area (Å²) in [6, 6.07) is 4.96. The van der Waals surface area contributed by atoms with Crippen LogP contribution in [0.25, 0.3) is 0 Å². The maximum absolute atomic E-state index is 11.4. The number of anilines is 1. The second kappa shape index (κ2) is 6.01. The average molecular weight is 357 g/mol. The zero-order chi connectivity index (χ0) is 15.6. The van der Waals surface area contributed by atoms with E-state index in [1.165, 1.54) is 6.07 Å². The van der Waals surface area contributed by atoms with Crippen LogP contribution in [-0.4, -0.2) is 29.1 Å². The summed E-state index contributed by atoms with van der Waals surface area (Å²) in [6.07, 6.45) is 1.59. The first-order chi connectivity index (χ1) is 9.89. The first-order valence-electron chi connectivity index (χ1n) is 6.82. The van der Waals surface area contributed by atoms with Crippen LogP contribution in [0.1, 0.15) is 26.2 Å². The summed E-state index contributed by atoms with van der Waals surface area (Å²) >= 11 is 3.24. The van der Waals surface area contributed by atoms with Crippen molar-refractivity contribution in [1.29, 1.82) is 0 Å². The van der Waals surface area contributed by atoms with Crippen LogP contribution in [0.5, 0.6) is 0 Å². The topological polar surface area (TPSA) is 83.7 Å². The van der Waals surface area contributed by atoms with E-state index in [-0.39, 0.29) is 5.69 Å². The molecule has 1 aliphatic rings. The minimum atomic E-state index is -0.769. The van der Waals surface area contributed by atoms with Gasteiger partial charge in [0.2, 0.25) is 0 Å². The van der Waals surface area contributed by atoms with Crippen LogP contribution in [0.4, 0.5) is 11.4 Å². The molecule has 1 N–H and O–H groups in total. The van der Waals surface area contributed by atoms with Gasteiger partial charge in [-0.05, 0) is 31.4 Å². The number of carbonyl (C=O) groups is 1. The molecule has 1 fully saturated rings. The molecule has 0 amide bonds. The first kappa shape index (κ1) is 15.8. The number of hydrogen-bond acceptors (Lipinski definition) is 4. The fraction of sp³-hybridized carbons (Fsp3) is 0.500. The van der Waals surface area contributed by atoms with Crippen LogP contribution in [0.15, 0.2) is 22.7 Å². The molecule has 21 heavy (non-hydrogen) atoms. The Morgan fingerprint density at radius 1 is 1.48 bits per heavy atom. The molecule has 1 saturated heterocycles. The Hall–Kier alpha value is -1.63. The van der Waals surface area contributed by atoms with E-state index in [0.29, 0.717) is 42.5 Å². The number of carboxylic acids is 1. The number of aliphatic carboxylic acids is 1. The molecule has 0 radical (unpaired) electrons. The smallest absolute Gasteiger partial charge is 0.309 e. The molecule has 0 saturated carbocycles. The number of rotatable bonds is 4. The van der Waals surface area contributed by atoms with E-state index in [4.69, 9.17) is 0 Å².